The molecule has 2 heteroatoms. The van der Waals surface area contributed by atoms with E-state index in [1.54, 1.807) is 0 Å². The Morgan fingerprint density at radius 2 is 1.48 bits per heavy atom. The zero-order valence-corrected chi connectivity index (χ0v) is 15.7. The van der Waals surface area contributed by atoms with Crippen LogP contribution in [0, 0.1) is 5.92 Å². The predicted molar refractivity (Wildman–Crippen MR) is 110 cm³/mol. The number of nitrogens with zero attached hydrogens (tertiary/aromatic N) is 1. The molecule has 0 radical (unpaired) electrons. The Morgan fingerprint density at radius 3 is 2.04 bits per heavy atom. The SMILES string of the molecule is C=C(CN(C)C)C(C)C(N)C(=C)Cc1ccc(-c2ccccc2)cc1. The van der Waals surface area contributed by atoms with E-state index in [1.807, 2.05) is 20.2 Å². The maximum atomic E-state index is 6.43. The summed E-state index contributed by atoms with van der Waals surface area (Å²) in [6.07, 6.45) is 0.801. The summed E-state index contributed by atoms with van der Waals surface area (Å²) in [5.41, 5.74) is 12.3. The van der Waals surface area contributed by atoms with Gasteiger partial charge in [-0.25, -0.2) is 0 Å². The number of hydrogen-bond donors (Lipinski definition) is 1. The summed E-state index contributed by atoms with van der Waals surface area (Å²) in [4.78, 5) is 2.12. The van der Waals surface area contributed by atoms with Gasteiger partial charge in [0.2, 0.25) is 0 Å². The smallest absolute Gasteiger partial charge is 0.0318 e. The first kappa shape index (κ1) is 19.2. The van der Waals surface area contributed by atoms with E-state index in [2.05, 4.69) is 73.5 Å². The second-order valence-electron chi connectivity index (χ2n) is 7.11. The van der Waals surface area contributed by atoms with Gasteiger partial charge in [-0.15, -0.1) is 0 Å². The molecule has 0 spiro atoms. The fraction of sp³-hybridized carbons (Fsp3) is 0.304. The molecule has 0 heterocycles. The molecule has 2 unspecified atom stereocenters. The number of benzene rings is 2. The Bertz CT molecular complexity index is 699. The number of nitrogens with two attached hydrogens (primary N) is 1. The van der Waals surface area contributed by atoms with E-state index in [4.69, 9.17) is 5.73 Å². The van der Waals surface area contributed by atoms with Crippen LogP contribution in [0.25, 0.3) is 11.1 Å². The van der Waals surface area contributed by atoms with E-state index < -0.39 is 0 Å². The molecule has 2 rings (SSSR count). The number of likely N-dealkylation sites (N-methyl/N-ethyl adjacent to an activating group) is 1. The summed E-state index contributed by atoms with van der Waals surface area (Å²) in [5, 5.41) is 0. The molecule has 2 nitrogen and oxygen atoms in total. The molecule has 25 heavy (non-hydrogen) atoms. The van der Waals surface area contributed by atoms with Crippen molar-refractivity contribution in [3.05, 3.63) is 84.5 Å². The van der Waals surface area contributed by atoms with Crippen molar-refractivity contribution < 1.29 is 0 Å². The lowest BCUT2D eigenvalue weighted by Gasteiger charge is -2.26. The van der Waals surface area contributed by atoms with Gasteiger partial charge >= 0.3 is 0 Å². The molecule has 2 N–H and O–H groups in total. The molecule has 0 aliphatic carbocycles. The Kier molecular flexibility index (Phi) is 6.74. The lowest BCUT2D eigenvalue weighted by molar-refractivity contribution is 0.414. The van der Waals surface area contributed by atoms with Gasteiger partial charge < -0.3 is 10.6 Å². The monoisotopic (exact) mass is 334 g/mol. The molecule has 132 valence electrons. The van der Waals surface area contributed by atoms with Crippen molar-refractivity contribution in [2.24, 2.45) is 11.7 Å². The molecule has 0 aromatic heterocycles. The summed E-state index contributed by atoms with van der Waals surface area (Å²) in [6, 6.07) is 19.0. The third-order valence-electron chi connectivity index (χ3n) is 4.67. The van der Waals surface area contributed by atoms with Gasteiger partial charge in [0.25, 0.3) is 0 Å². The van der Waals surface area contributed by atoms with Gasteiger partial charge in [-0.05, 0) is 43.1 Å². The van der Waals surface area contributed by atoms with E-state index >= 15 is 0 Å². The third kappa shape index (κ3) is 5.42. The van der Waals surface area contributed by atoms with Gasteiger partial charge in [0, 0.05) is 12.6 Å². The second-order valence-corrected chi connectivity index (χ2v) is 7.11. The van der Waals surface area contributed by atoms with Crippen LogP contribution in [-0.2, 0) is 6.42 Å². The van der Waals surface area contributed by atoms with Gasteiger partial charge in [-0.2, -0.15) is 0 Å². The summed E-state index contributed by atoms with van der Waals surface area (Å²) >= 11 is 0. The quantitative estimate of drug-likeness (QED) is 0.719. The molecule has 0 saturated carbocycles. The molecule has 0 aliphatic heterocycles. The van der Waals surface area contributed by atoms with Crippen molar-refractivity contribution in [1.29, 1.82) is 0 Å². The minimum absolute atomic E-state index is 0.0683. The molecule has 2 aromatic rings. The first-order valence-corrected chi connectivity index (χ1v) is 8.78. The van der Waals surface area contributed by atoms with Crippen LogP contribution in [0.1, 0.15) is 12.5 Å². The van der Waals surface area contributed by atoms with Crippen LogP contribution in [0.5, 0.6) is 0 Å². The van der Waals surface area contributed by atoms with Gasteiger partial charge in [-0.1, -0.05) is 85.8 Å². The van der Waals surface area contributed by atoms with Gasteiger partial charge in [0.05, 0.1) is 0 Å². The third-order valence-corrected chi connectivity index (χ3v) is 4.67. The van der Waals surface area contributed by atoms with Crippen LogP contribution >= 0.6 is 0 Å². The van der Waals surface area contributed by atoms with Crippen LogP contribution in [0.2, 0.25) is 0 Å². The van der Waals surface area contributed by atoms with Crippen molar-refractivity contribution in [1.82, 2.24) is 4.90 Å². The van der Waals surface area contributed by atoms with Gasteiger partial charge in [-0.3, -0.25) is 0 Å². The Labute approximate surface area is 152 Å². The van der Waals surface area contributed by atoms with Crippen LogP contribution < -0.4 is 5.73 Å². The first-order chi connectivity index (χ1) is 11.9. The highest BCUT2D eigenvalue weighted by atomic mass is 15.0. The van der Waals surface area contributed by atoms with E-state index in [9.17, 15) is 0 Å². The van der Waals surface area contributed by atoms with Crippen molar-refractivity contribution in [3.63, 3.8) is 0 Å². The second kappa shape index (κ2) is 8.80. The lowest BCUT2D eigenvalue weighted by Crippen LogP contribution is -2.34. The van der Waals surface area contributed by atoms with Crippen molar-refractivity contribution in [2.45, 2.75) is 19.4 Å². The molecule has 0 saturated heterocycles. The molecule has 0 fully saturated rings. The normalized spacial score (nSPS) is 13.5. The van der Waals surface area contributed by atoms with Gasteiger partial charge in [0.15, 0.2) is 0 Å². The van der Waals surface area contributed by atoms with Crippen molar-refractivity contribution in [3.8, 4) is 11.1 Å². The minimum atomic E-state index is -0.0683. The average molecular weight is 335 g/mol. The Morgan fingerprint density at radius 1 is 0.920 bits per heavy atom. The average Bonchev–Trinajstić information content (AvgIpc) is 2.61. The topological polar surface area (TPSA) is 29.3 Å². The van der Waals surface area contributed by atoms with Crippen molar-refractivity contribution in [2.75, 3.05) is 20.6 Å². The molecular formula is C23H30N2. The Hall–Kier alpha value is -2.16. The standard InChI is InChI=1S/C23H30N2/c1-17(23(24)19(3)18(2)16-25(4)5)15-20-11-13-22(14-12-20)21-9-7-6-8-10-21/h6-14,19,23H,1-2,15-16,24H2,3-5H3. The van der Waals surface area contributed by atoms with Gasteiger partial charge in [0.1, 0.15) is 0 Å². The molecular weight excluding hydrogens is 304 g/mol. The minimum Gasteiger partial charge on any atom is -0.324 e. The zero-order chi connectivity index (χ0) is 18.4. The van der Waals surface area contributed by atoms with Crippen LogP contribution in [0.3, 0.4) is 0 Å². The van der Waals surface area contributed by atoms with E-state index in [0.717, 1.165) is 24.1 Å². The zero-order valence-electron chi connectivity index (χ0n) is 15.7. The van der Waals surface area contributed by atoms with E-state index in [1.165, 1.54) is 16.7 Å². The largest absolute Gasteiger partial charge is 0.324 e. The highest BCUT2D eigenvalue weighted by Gasteiger charge is 2.19. The van der Waals surface area contributed by atoms with Crippen molar-refractivity contribution >= 4 is 0 Å². The molecule has 0 amide bonds. The van der Waals surface area contributed by atoms with Crippen LogP contribution in [0.4, 0.5) is 0 Å². The molecule has 0 bridgehead atoms. The molecule has 2 atom stereocenters. The lowest BCUT2D eigenvalue weighted by atomic mass is 9.87. The van der Waals surface area contributed by atoms with E-state index in [-0.39, 0.29) is 12.0 Å². The number of hydrogen-bond acceptors (Lipinski definition) is 2. The van der Waals surface area contributed by atoms with Crippen LogP contribution in [-0.4, -0.2) is 31.6 Å². The fourth-order valence-corrected chi connectivity index (χ4v) is 2.98. The Balaban J connectivity index is 1.99. The summed E-state index contributed by atoms with van der Waals surface area (Å²) in [7, 11) is 4.10. The van der Waals surface area contributed by atoms with Crippen LogP contribution in [0.15, 0.2) is 78.9 Å². The molecule has 2 aromatic carbocycles. The fourth-order valence-electron chi connectivity index (χ4n) is 2.98. The molecule has 0 aliphatic rings. The number of rotatable bonds is 8. The summed E-state index contributed by atoms with van der Waals surface area (Å²) in [5.74, 6) is 0.221. The van der Waals surface area contributed by atoms with E-state index in [0.29, 0.717) is 0 Å². The highest BCUT2D eigenvalue weighted by Crippen LogP contribution is 2.23. The first-order valence-electron chi connectivity index (χ1n) is 8.78. The summed E-state index contributed by atoms with van der Waals surface area (Å²) in [6.45, 7) is 11.4. The predicted octanol–water partition coefficient (Wildman–Crippen LogP) is 4.53. The highest BCUT2D eigenvalue weighted by molar-refractivity contribution is 5.63. The maximum Gasteiger partial charge on any atom is 0.0318 e. The summed E-state index contributed by atoms with van der Waals surface area (Å²) < 4.78 is 0. The maximum absolute atomic E-state index is 6.43.